The molecule has 2 aromatic carbocycles. The summed E-state index contributed by atoms with van der Waals surface area (Å²) in [5, 5.41) is 15.6. The van der Waals surface area contributed by atoms with Crippen LogP contribution in [0.4, 0.5) is 11.4 Å². The van der Waals surface area contributed by atoms with E-state index in [0.717, 1.165) is 11.3 Å². The third kappa shape index (κ3) is 2.56. The number of halogens is 1. The van der Waals surface area contributed by atoms with E-state index in [9.17, 15) is 4.79 Å². The maximum absolute atomic E-state index is 12.5. The number of carbonyl (C=O) groups excluding carboxylic acids is 1. The van der Waals surface area contributed by atoms with Crippen LogP contribution in [0.3, 0.4) is 0 Å². The lowest BCUT2D eigenvalue weighted by Gasteiger charge is -2.12. The van der Waals surface area contributed by atoms with Gasteiger partial charge in [0, 0.05) is 17.3 Å². The van der Waals surface area contributed by atoms with Crippen LogP contribution >= 0.6 is 11.6 Å². The first-order valence-corrected chi connectivity index (χ1v) is 6.90. The van der Waals surface area contributed by atoms with Crippen molar-refractivity contribution in [2.45, 2.75) is 5.92 Å². The van der Waals surface area contributed by atoms with E-state index in [1.54, 1.807) is 18.2 Å². The molecule has 2 N–H and O–H groups in total. The summed E-state index contributed by atoms with van der Waals surface area (Å²) in [6.45, 7) is 0.549. The zero-order valence-corrected chi connectivity index (χ0v) is 11.8. The number of rotatable bonds is 2. The fourth-order valence-corrected chi connectivity index (χ4v) is 2.63. The van der Waals surface area contributed by atoms with Crippen molar-refractivity contribution in [1.82, 2.24) is 0 Å². The lowest BCUT2D eigenvalue weighted by Crippen LogP contribution is -2.23. The van der Waals surface area contributed by atoms with Gasteiger partial charge in [-0.05, 0) is 29.8 Å². The molecule has 1 heterocycles. The summed E-state index contributed by atoms with van der Waals surface area (Å²) in [7, 11) is 0. The average Bonchev–Trinajstić information content (AvgIpc) is 2.91. The van der Waals surface area contributed by atoms with E-state index in [-0.39, 0.29) is 11.8 Å². The quantitative estimate of drug-likeness (QED) is 0.893. The molecule has 21 heavy (non-hydrogen) atoms. The van der Waals surface area contributed by atoms with Gasteiger partial charge in [-0.2, -0.15) is 5.26 Å². The van der Waals surface area contributed by atoms with Gasteiger partial charge in [-0.25, -0.2) is 0 Å². The molecule has 0 bridgehead atoms. The Bertz CT molecular complexity index is 751. The zero-order valence-electron chi connectivity index (χ0n) is 11.1. The number of carbonyl (C=O) groups is 1. The Labute approximate surface area is 127 Å². The van der Waals surface area contributed by atoms with Crippen molar-refractivity contribution >= 4 is 28.9 Å². The van der Waals surface area contributed by atoms with E-state index >= 15 is 0 Å². The Morgan fingerprint density at radius 3 is 2.95 bits per heavy atom. The molecule has 1 aliphatic heterocycles. The van der Waals surface area contributed by atoms with Gasteiger partial charge in [-0.15, -0.1) is 0 Å². The number of fused-ring (bicyclic) bond motifs is 1. The summed E-state index contributed by atoms with van der Waals surface area (Å²) in [6, 6.07) is 14.6. The van der Waals surface area contributed by atoms with Gasteiger partial charge < -0.3 is 10.6 Å². The van der Waals surface area contributed by atoms with Crippen molar-refractivity contribution in [1.29, 1.82) is 5.26 Å². The molecule has 0 spiro atoms. The lowest BCUT2D eigenvalue weighted by atomic mass is 10.0. The standard InChI is InChI=1S/C16H12ClN3O/c17-11-6-5-10(8-18)15(7-11)20-16(21)13-9-19-14-4-2-1-3-12(13)14/h1-7,13,19H,9H2,(H,20,21). The van der Waals surface area contributed by atoms with Crippen LogP contribution in [0.2, 0.25) is 5.02 Å². The minimum atomic E-state index is -0.272. The monoisotopic (exact) mass is 297 g/mol. The molecule has 1 atom stereocenters. The Balaban J connectivity index is 1.86. The van der Waals surface area contributed by atoms with Crippen molar-refractivity contribution in [2.75, 3.05) is 17.2 Å². The second kappa shape index (κ2) is 5.47. The Hall–Kier alpha value is -2.51. The normalized spacial score (nSPS) is 15.7. The third-order valence-electron chi connectivity index (χ3n) is 3.51. The molecule has 3 rings (SSSR count). The van der Waals surface area contributed by atoms with E-state index in [1.807, 2.05) is 30.3 Å². The first-order valence-electron chi connectivity index (χ1n) is 6.52. The molecule has 1 amide bonds. The van der Waals surface area contributed by atoms with Crippen LogP contribution in [-0.4, -0.2) is 12.5 Å². The van der Waals surface area contributed by atoms with E-state index in [1.165, 1.54) is 0 Å². The number of amides is 1. The van der Waals surface area contributed by atoms with Gasteiger partial charge in [-0.3, -0.25) is 4.79 Å². The second-order valence-corrected chi connectivity index (χ2v) is 5.25. The molecule has 1 aliphatic rings. The van der Waals surface area contributed by atoms with E-state index in [4.69, 9.17) is 16.9 Å². The molecule has 0 fully saturated rings. The summed E-state index contributed by atoms with van der Waals surface area (Å²) < 4.78 is 0. The number of hydrogen-bond donors (Lipinski definition) is 2. The van der Waals surface area contributed by atoms with Crippen LogP contribution in [0.15, 0.2) is 42.5 Å². The molecule has 0 radical (unpaired) electrons. The SMILES string of the molecule is N#Cc1ccc(Cl)cc1NC(=O)C1CNc2ccccc21. The van der Waals surface area contributed by atoms with Gasteiger partial charge >= 0.3 is 0 Å². The van der Waals surface area contributed by atoms with Gasteiger partial charge in [0.05, 0.1) is 17.2 Å². The highest BCUT2D eigenvalue weighted by atomic mass is 35.5. The summed E-state index contributed by atoms with van der Waals surface area (Å²) in [5.41, 5.74) is 2.78. The minimum Gasteiger partial charge on any atom is -0.384 e. The van der Waals surface area contributed by atoms with Gasteiger partial charge in [0.25, 0.3) is 0 Å². The largest absolute Gasteiger partial charge is 0.384 e. The Morgan fingerprint density at radius 2 is 2.14 bits per heavy atom. The van der Waals surface area contributed by atoms with Gasteiger partial charge in [-0.1, -0.05) is 29.8 Å². The maximum Gasteiger partial charge on any atom is 0.233 e. The van der Waals surface area contributed by atoms with Crippen molar-refractivity contribution in [3.63, 3.8) is 0 Å². The number of benzene rings is 2. The summed E-state index contributed by atoms with van der Waals surface area (Å²) >= 11 is 5.92. The topological polar surface area (TPSA) is 64.9 Å². The van der Waals surface area contributed by atoms with Gasteiger partial charge in [0.2, 0.25) is 5.91 Å². The smallest absolute Gasteiger partial charge is 0.233 e. The number of nitrogens with one attached hydrogen (secondary N) is 2. The first-order chi connectivity index (χ1) is 10.2. The number of hydrogen-bond acceptors (Lipinski definition) is 3. The van der Waals surface area contributed by atoms with Crippen molar-refractivity contribution < 1.29 is 4.79 Å². The van der Waals surface area contributed by atoms with Crippen molar-refractivity contribution in [2.24, 2.45) is 0 Å². The van der Waals surface area contributed by atoms with Gasteiger partial charge in [0.1, 0.15) is 6.07 Å². The molecular formula is C16H12ClN3O. The van der Waals surface area contributed by atoms with Crippen LogP contribution in [0.25, 0.3) is 0 Å². The summed E-state index contributed by atoms with van der Waals surface area (Å²) in [6.07, 6.45) is 0. The highest BCUT2D eigenvalue weighted by molar-refractivity contribution is 6.31. The molecule has 4 nitrogen and oxygen atoms in total. The molecular weight excluding hydrogens is 286 g/mol. The number of nitriles is 1. The van der Waals surface area contributed by atoms with Crippen molar-refractivity contribution in [3.05, 3.63) is 58.6 Å². The lowest BCUT2D eigenvalue weighted by molar-refractivity contribution is -0.117. The Morgan fingerprint density at radius 1 is 1.33 bits per heavy atom. The fourth-order valence-electron chi connectivity index (χ4n) is 2.45. The molecule has 0 aliphatic carbocycles. The predicted molar refractivity (Wildman–Crippen MR) is 82.5 cm³/mol. The van der Waals surface area contributed by atoms with Crippen LogP contribution in [0.1, 0.15) is 17.0 Å². The minimum absolute atomic E-state index is 0.147. The molecule has 2 aromatic rings. The maximum atomic E-state index is 12.5. The number of anilines is 2. The zero-order chi connectivity index (χ0) is 14.8. The van der Waals surface area contributed by atoms with Crippen molar-refractivity contribution in [3.8, 4) is 6.07 Å². The third-order valence-corrected chi connectivity index (χ3v) is 3.74. The second-order valence-electron chi connectivity index (χ2n) is 4.81. The van der Waals surface area contributed by atoms with Crippen LogP contribution in [0, 0.1) is 11.3 Å². The molecule has 5 heteroatoms. The molecule has 104 valence electrons. The van der Waals surface area contributed by atoms with Gasteiger partial charge in [0.15, 0.2) is 0 Å². The van der Waals surface area contributed by atoms with Crippen LogP contribution in [0.5, 0.6) is 0 Å². The first kappa shape index (κ1) is 13.5. The van der Waals surface area contributed by atoms with Crippen LogP contribution < -0.4 is 10.6 Å². The average molecular weight is 298 g/mol. The van der Waals surface area contributed by atoms with E-state index in [2.05, 4.69) is 10.6 Å². The molecule has 1 unspecified atom stereocenters. The number of para-hydroxylation sites is 1. The molecule has 0 saturated carbocycles. The molecule has 0 saturated heterocycles. The molecule has 0 aromatic heterocycles. The van der Waals surface area contributed by atoms with Crippen LogP contribution in [-0.2, 0) is 4.79 Å². The van der Waals surface area contributed by atoms with E-state index < -0.39 is 0 Å². The predicted octanol–water partition coefficient (Wildman–Crippen LogP) is 3.36. The summed E-state index contributed by atoms with van der Waals surface area (Å²) in [4.78, 5) is 12.5. The summed E-state index contributed by atoms with van der Waals surface area (Å²) in [5.74, 6) is -0.419. The highest BCUT2D eigenvalue weighted by Gasteiger charge is 2.28. The number of nitrogens with zero attached hydrogens (tertiary/aromatic N) is 1. The van der Waals surface area contributed by atoms with E-state index in [0.29, 0.717) is 22.8 Å². The fraction of sp³-hybridized carbons (Fsp3) is 0.125. The Kier molecular flexibility index (Phi) is 3.51. The highest BCUT2D eigenvalue weighted by Crippen LogP contribution is 2.32.